The van der Waals surface area contributed by atoms with Crippen molar-refractivity contribution in [1.29, 1.82) is 0 Å². The number of amides is 1. The topological polar surface area (TPSA) is 58.4 Å². The molecule has 1 aliphatic rings. The number of carbonyl (C=O) groups excluding carboxylic acids is 1. The quantitative estimate of drug-likeness (QED) is 0.820. The predicted molar refractivity (Wildman–Crippen MR) is 63.7 cm³/mol. The van der Waals surface area contributed by atoms with Crippen molar-refractivity contribution in [3.63, 3.8) is 0 Å². The molecule has 2 rings (SSSR count). The maximum atomic E-state index is 12.0. The average molecular weight is 237 g/mol. The second kappa shape index (κ2) is 5.31. The molecule has 5 heteroatoms. The van der Waals surface area contributed by atoms with Crippen LogP contribution in [0.1, 0.15) is 23.8 Å². The summed E-state index contributed by atoms with van der Waals surface area (Å²) in [7, 11) is 0. The summed E-state index contributed by atoms with van der Waals surface area (Å²) >= 11 is 0. The lowest BCUT2D eigenvalue weighted by atomic mass is 10.3. The lowest BCUT2D eigenvalue weighted by molar-refractivity contribution is -0.130. The number of oxazole rings is 1. The summed E-state index contributed by atoms with van der Waals surface area (Å²) in [6.45, 7) is 7.22. The summed E-state index contributed by atoms with van der Waals surface area (Å²) in [6.07, 6.45) is 1.28. The van der Waals surface area contributed by atoms with Crippen molar-refractivity contribution in [2.24, 2.45) is 0 Å². The first-order valence-corrected chi connectivity index (χ1v) is 6.08. The van der Waals surface area contributed by atoms with Gasteiger partial charge in [-0.1, -0.05) is 0 Å². The minimum absolute atomic E-state index is 0.106. The number of nitrogens with zero attached hydrogens (tertiary/aromatic N) is 2. The van der Waals surface area contributed by atoms with Crippen LogP contribution >= 0.6 is 0 Å². The molecular weight excluding hydrogens is 218 g/mol. The predicted octanol–water partition coefficient (Wildman–Crippen LogP) is 0.656. The van der Waals surface area contributed by atoms with Crippen LogP contribution in [0.4, 0.5) is 0 Å². The molecule has 0 bridgehead atoms. The highest BCUT2D eigenvalue weighted by Crippen LogP contribution is 2.10. The molecule has 17 heavy (non-hydrogen) atoms. The van der Waals surface area contributed by atoms with E-state index in [2.05, 4.69) is 10.3 Å². The Kier molecular flexibility index (Phi) is 3.78. The standard InChI is InChI=1S/C12H19N3O2/c1-9-10(2)17-11(14-9)8-12(16)15-6-3-4-13-5-7-15/h13H,3-8H2,1-2H3. The Balaban J connectivity index is 1.95. The van der Waals surface area contributed by atoms with E-state index in [1.54, 1.807) is 0 Å². The van der Waals surface area contributed by atoms with Gasteiger partial charge in [0, 0.05) is 19.6 Å². The number of hydrogen-bond acceptors (Lipinski definition) is 4. The van der Waals surface area contributed by atoms with Crippen molar-refractivity contribution < 1.29 is 9.21 Å². The van der Waals surface area contributed by atoms with Crippen LogP contribution in [-0.2, 0) is 11.2 Å². The molecular formula is C12H19N3O2. The van der Waals surface area contributed by atoms with Crippen LogP contribution in [-0.4, -0.2) is 42.0 Å². The maximum absolute atomic E-state index is 12.0. The highest BCUT2D eigenvalue weighted by atomic mass is 16.4. The summed E-state index contributed by atoms with van der Waals surface area (Å²) < 4.78 is 5.43. The molecule has 5 nitrogen and oxygen atoms in total. The molecule has 94 valence electrons. The SMILES string of the molecule is Cc1nc(CC(=O)N2CCCNCC2)oc1C. The molecule has 1 aromatic rings. The molecule has 0 spiro atoms. The van der Waals surface area contributed by atoms with Crippen molar-refractivity contribution >= 4 is 5.91 Å². The Morgan fingerprint density at radius 3 is 2.94 bits per heavy atom. The summed E-state index contributed by atoms with van der Waals surface area (Å²) in [5, 5.41) is 3.28. The number of carbonyl (C=O) groups is 1. The molecule has 0 aromatic carbocycles. The summed E-state index contributed by atoms with van der Waals surface area (Å²) in [4.78, 5) is 18.2. The van der Waals surface area contributed by atoms with E-state index in [0.29, 0.717) is 5.89 Å². The fourth-order valence-corrected chi connectivity index (χ4v) is 1.95. The normalized spacial score (nSPS) is 16.9. The first-order chi connectivity index (χ1) is 8.16. The molecule has 1 aromatic heterocycles. The van der Waals surface area contributed by atoms with E-state index in [-0.39, 0.29) is 12.3 Å². The van der Waals surface area contributed by atoms with E-state index in [1.165, 1.54) is 0 Å². The molecule has 0 unspecified atom stereocenters. The minimum Gasteiger partial charge on any atom is -0.445 e. The van der Waals surface area contributed by atoms with Gasteiger partial charge in [0.2, 0.25) is 11.8 Å². The smallest absolute Gasteiger partial charge is 0.231 e. The van der Waals surface area contributed by atoms with Crippen LogP contribution in [0.5, 0.6) is 0 Å². The van der Waals surface area contributed by atoms with Gasteiger partial charge in [-0.2, -0.15) is 0 Å². The molecule has 1 saturated heterocycles. The summed E-state index contributed by atoms with van der Waals surface area (Å²) in [6, 6.07) is 0. The molecule has 0 radical (unpaired) electrons. The van der Waals surface area contributed by atoms with Crippen molar-refractivity contribution in [2.75, 3.05) is 26.2 Å². The van der Waals surface area contributed by atoms with Gasteiger partial charge in [-0.15, -0.1) is 0 Å². The van der Waals surface area contributed by atoms with E-state index in [0.717, 1.165) is 44.1 Å². The van der Waals surface area contributed by atoms with Crippen LogP contribution in [0.15, 0.2) is 4.42 Å². The monoisotopic (exact) mass is 237 g/mol. The van der Waals surface area contributed by atoms with Gasteiger partial charge in [-0.3, -0.25) is 4.79 Å². The highest BCUT2D eigenvalue weighted by molar-refractivity contribution is 5.77. The second-order valence-electron chi connectivity index (χ2n) is 4.41. The van der Waals surface area contributed by atoms with Crippen molar-refractivity contribution in [2.45, 2.75) is 26.7 Å². The van der Waals surface area contributed by atoms with Crippen LogP contribution in [0, 0.1) is 13.8 Å². The fourth-order valence-electron chi connectivity index (χ4n) is 1.95. The van der Waals surface area contributed by atoms with E-state index >= 15 is 0 Å². The Morgan fingerprint density at radius 2 is 2.24 bits per heavy atom. The van der Waals surface area contributed by atoms with Crippen molar-refractivity contribution in [3.8, 4) is 0 Å². The zero-order valence-electron chi connectivity index (χ0n) is 10.5. The van der Waals surface area contributed by atoms with Gasteiger partial charge in [0.1, 0.15) is 12.2 Å². The largest absolute Gasteiger partial charge is 0.445 e. The molecule has 1 aliphatic heterocycles. The maximum Gasteiger partial charge on any atom is 0.231 e. The molecule has 0 aliphatic carbocycles. The van der Waals surface area contributed by atoms with Gasteiger partial charge in [0.25, 0.3) is 0 Å². The van der Waals surface area contributed by atoms with E-state index < -0.39 is 0 Å². The minimum atomic E-state index is 0.106. The number of aromatic nitrogens is 1. The Labute approximate surface area is 101 Å². The van der Waals surface area contributed by atoms with Crippen LogP contribution < -0.4 is 5.32 Å². The Morgan fingerprint density at radius 1 is 1.41 bits per heavy atom. The van der Waals surface area contributed by atoms with Gasteiger partial charge < -0.3 is 14.6 Å². The fraction of sp³-hybridized carbons (Fsp3) is 0.667. The summed E-state index contributed by atoms with van der Waals surface area (Å²) in [5.74, 6) is 1.43. The highest BCUT2D eigenvalue weighted by Gasteiger charge is 2.18. The number of hydrogen-bond donors (Lipinski definition) is 1. The Hall–Kier alpha value is -1.36. The number of rotatable bonds is 2. The molecule has 0 atom stereocenters. The van der Waals surface area contributed by atoms with Crippen molar-refractivity contribution in [3.05, 3.63) is 17.3 Å². The molecule has 1 amide bonds. The zero-order valence-corrected chi connectivity index (χ0v) is 10.5. The lowest BCUT2D eigenvalue weighted by Gasteiger charge is -2.18. The van der Waals surface area contributed by atoms with Crippen LogP contribution in [0.3, 0.4) is 0 Å². The molecule has 1 fully saturated rings. The van der Waals surface area contributed by atoms with Crippen molar-refractivity contribution in [1.82, 2.24) is 15.2 Å². The first-order valence-electron chi connectivity index (χ1n) is 6.08. The van der Waals surface area contributed by atoms with E-state index in [1.807, 2.05) is 18.7 Å². The molecule has 1 N–H and O–H groups in total. The van der Waals surface area contributed by atoms with Crippen LogP contribution in [0.2, 0.25) is 0 Å². The zero-order chi connectivity index (χ0) is 12.3. The second-order valence-corrected chi connectivity index (χ2v) is 4.41. The number of nitrogens with one attached hydrogen (secondary N) is 1. The van der Waals surface area contributed by atoms with Gasteiger partial charge in [-0.25, -0.2) is 4.98 Å². The number of aryl methyl sites for hydroxylation is 2. The first kappa shape index (κ1) is 12.1. The Bertz CT molecular complexity index is 373. The average Bonchev–Trinajstić information content (AvgIpc) is 2.54. The van der Waals surface area contributed by atoms with E-state index in [9.17, 15) is 4.79 Å². The van der Waals surface area contributed by atoms with Gasteiger partial charge in [0.15, 0.2) is 0 Å². The third-order valence-corrected chi connectivity index (χ3v) is 3.07. The van der Waals surface area contributed by atoms with Gasteiger partial charge in [0.05, 0.1) is 5.69 Å². The van der Waals surface area contributed by atoms with Gasteiger partial charge in [-0.05, 0) is 26.8 Å². The molecule has 2 heterocycles. The van der Waals surface area contributed by atoms with E-state index in [4.69, 9.17) is 4.42 Å². The van der Waals surface area contributed by atoms with Crippen LogP contribution in [0.25, 0.3) is 0 Å². The van der Waals surface area contributed by atoms with Gasteiger partial charge >= 0.3 is 0 Å². The lowest BCUT2D eigenvalue weighted by Crippen LogP contribution is -2.35. The molecule has 0 saturated carbocycles. The summed E-state index contributed by atoms with van der Waals surface area (Å²) in [5.41, 5.74) is 0.866. The third kappa shape index (κ3) is 3.06. The third-order valence-electron chi connectivity index (χ3n) is 3.07.